The number of aromatic nitrogens is 2. The standard InChI is InChI=1S/C24H24F3N3O4/c25-19-20(33-14-17-9-5-2-6-10-17)24(22(26)27,15-32-13-16-7-3-1-4-8-16)34-21(19)30-12-11-18(28)29-23(30)31/h1-12,19-22H,13-15H2,(H2,28,29,31). The summed E-state index contributed by atoms with van der Waals surface area (Å²) in [6.45, 7) is -0.786. The Bertz CT molecular complexity index is 1130. The average Bonchev–Trinajstić information content (AvgIpc) is 3.11. The number of nitrogen functional groups attached to an aromatic ring is 1. The number of anilines is 1. The first-order chi connectivity index (χ1) is 16.4. The van der Waals surface area contributed by atoms with Crippen molar-refractivity contribution in [3.63, 3.8) is 0 Å². The predicted octanol–water partition coefficient (Wildman–Crippen LogP) is 3.50. The van der Waals surface area contributed by atoms with Crippen LogP contribution in [-0.2, 0) is 27.4 Å². The van der Waals surface area contributed by atoms with Crippen molar-refractivity contribution >= 4 is 5.82 Å². The van der Waals surface area contributed by atoms with Gasteiger partial charge in [0.25, 0.3) is 6.43 Å². The van der Waals surface area contributed by atoms with Gasteiger partial charge < -0.3 is 19.9 Å². The molecule has 0 saturated carbocycles. The lowest BCUT2D eigenvalue weighted by molar-refractivity contribution is -0.215. The van der Waals surface area contributed by atoms with Gasteiger partial charge in [-0.05, 0) is 17.2 Å². The molecule has 0 aliphatic carbocycles. The van der Waals surface area contributed by atoms with Gasteiger partial charge in [0.1, 0.15) is 11.9 Å². The molecule has 2 heterocycles. The maximum atomic E-state index is 15.7. The summed E-state index contributed by atoms with van der Waals surface area (Å²) < 4.78 is 62.4. The number of hydrogen-bond acceptors (Lipinski definition) is 6. The Hall–Kier alpha value is -3.21. The molecule has 0 radical (unpaired) electrons. The third kappa shape index (κ3) is 4.98. The molecule has 34 heavy (non-hydrogen) atoms. The van der Waals surface area contributed by atoms with Gasteiger partial charge in [-0.1, -0.05) is 60.7 Å². The summed E-state index contributed by atoms with van der Waals surface area (Å²) in [6.07, 6.45) is -7.55. The quantitative estimate of drug-likeness (QED) is 0.510. The van der Waals surface area contributed by atoms with E-state index in [2.05, 4.69) is 4.98 Å². The van der Waals surface area contributed by atoms with Crippen molar-refractivity contribution in [2.45, 2.75) is 43.7 Å². The lowest BCUT2D eigenvalue weighted by Gasteiger charge is -2.33. The summed E-state index contributed by atoms with van der Waals surface area (Å²) in [5.41, 5.74) is 3.52. The molecule has 10 heteroatoms. The zero-order valence-corrected chi connectivity index (χ0v) is 18.1. The number of rotatable bonds is 9. The van der Waals surface area contributed by atoms with Crippen LogP contribution in [0.3, 0.4) is 0 Å². The molecule has 7 nitrogen and oxygen atoms in total. The first-order valence-electron chi connectivity index (χ1n) is 10.6. The van der Waals surface area contributed by atoms with Crippen molar-refractivity contribution in [3.05, 3.63) is 94.5 Å². The van der Waals surface area contributed by atoms with E-state index in [0.29, 0.717) is 5.56 Å². The number of alkyl halides is 3. The van der Waals surface area contributed by atoms with Gasteiger partial charge in [0.05, 0.1) is 19.8 Å². The summed E-state index contributed by atoms with van der Waals surface area (Å²) >= 11 is 0. The molecule has 0 bridgehead atoms. The van der Waals surface area contributed by atoms with Crippen molar-refractivity contribution in [1.82, 2.24) is 9.55 Å². The zero-order valence-electron chi connectivity index (χ0n) is 18.1. The second-order valence-corrected chi connectivity index (χ2v) is 7.95. The fourth-order valence-electron chi connectivity index (χ4n) is 3.86. The number of benzene rings is 2. The van der Waals surface area contributed by atoms with E-state index in [1.807, 2.05) is 6.07 Å². The third-order valence-corrected chi connectivity index (χ3v) is 5.59. The van der Waals surface area contributed by atoms with Gasteiger partial charge in [-0.15, -0.1) is 0 Å². The first-order valence-corrected chi connectivity index (χ1v) is 10.6. The van der Waals surface area contributed by atoms with E-state index in [1.165, 1.54) is 6.07 Å². The first kappa shape index (κ1) is 23.9. The molecule has 3 aromatic rings. The van der Waals surface area contributed by atoms with Crippen LogP contribution < -0.4 is 11.4 Å². The van der Waals surface area contributed by atoms with E-state index in [0.717, 1.165) is 16.3 Å². The van der Waals surface area contributed by atoms with Crippen LogP contribution in [0.25, 0.3) is 0 Å². The van der Waals surface area contributed by atoms with E-state index in [1.54, 1.807) is 54.6 Å². The van der Waals surface area contributed by atoms with Gasteiger partial charge in [0.15, 0.2) is 18.0 Å². The largest absolute Gasteiger partial charge is 0.383 e. The Morgan fingerprint density at radius 1 is 1.03 bits per heavy atom. The van der Waals surface area contributed by atoms with Crippen LogP contribution in [0, 0.1) is 0 Å². The molecule has 1 aromatic heterocycles. The summed E-state index contributed by atoms with van der Waals surface area (Å²) in [5, 5.41) is 0. The van der Waals surface area contributed by atoms with Crippen LogP contribution in [0.1, 0.15) is 17.4 Å². The Kier molecular flexibility index (Phi) is 7.30. The summed E-state index contributed by atoms with van der Waals surface area (Å²) in [6, 6.07) is 18.9. The number of ether oxygens (including phenoxy) is 3. The SMILES string of the molecule is Nc1ccn(C2OC(COCc3ccccc3)(C(F)F)C(OCc3ccccc3)C2F)c(=O)n1. The topological polar surface area (TPSA) is 88.6 Å². The highest BCUT2D eigenvalue weighted by Crippen LogP contribution is 2.44. The van der Waals surface area contributed by atoms with E-state index in [9.17, 15) is 13.6 Å². The zero-order chi connectivity index (χ0) is 24.1. The molecular formula is C24H24F3N3O4. The highest BCUT2D eigenvalue weighted by Gasteiger charge is 2.63. The summed E-state index contributed by atoms with van der Waals surface area (Å²) in [4.78, 5) is 15.8. The minimum absolute atomic E-state index is 0.00900. The molecule has 0 spiro atoms. The Balaban J connectivity index is 1.62. The van der Waals surface area contributed by atoms with Gasteiger partial charge in [-0.25, -0.2) is 18.0 Å². The van der Waals surface area contributed by atoms with E-state index in [-0.39, 0.29) is 19.0 Å². The Morgan fingerprint density at radius 2 is 1.65 bits per heavy atom. The van der Waals surface area contributed by atoms with Crippen molar-refractivity contribution in [2.24, 2.45) is 0 Å². The van der Waals surface area contributed by atoms with Gasteiger partial charge >= 0.3 is 5.69 Å². The van der Waals surface area contributed by atoms with E-state index in [4.69, 9.17) is 19.9 Å². The monoisotopic (exact) mass is 475 g/mol. The fraction of sp³-hybridized carbons (Fsp3) is 0.333. The van der Waals surface area contributed by atoms with Crippen LogP contribution in [0.15, 0.2) is 77.7 Å². The smallest absolute Gasteiger partial charge is 0.351 e. The van der Waals surface area contributed by atoms with Crippen LogP contribution in [-0.4, -0.2) is 40.5 Å². The van der Waals surface area contributed by atoms with Gasteiger partial charge in [-0.3, -0.25) is 4.57 Å². The highest BCUT2D eigenvalue weighted by molar-refractivity contribution is 5.24. The molecule has 2 aromatic carbocycles. The Morgan fingerprint density at radius 3 is 2.24 bits per heavy atom. The second kappa shape index (κ2) is 10.4. The van der Waals surface area contributed by atoms with Gasteiger partial charge in [0, 0.05) is 6.20 Å². The molecule has 4 atom stereocenters. The van der Waals surface area contributed by atoms with Crippen LogP contribution in [0.5, 0.6) is 0 Å². The van der Waals surface area contributed by atoms with Crippen LogP contribution >= 0.6 is 0 Å². The maximum Gasteiger partial charge on any atom is 0.351 e. The number of hydrogen-bond donors (Lipinski definition) is 1. The summed E-state index contributed by atoms with van der Waals surface area (Å²) in [5.74, 6) is -0.0853. The van der Waals surface area contributed by atoms with Crippen molar-refractivity contribution in [2.75, 3.05) is 12.3 Å². The minimum Gasteiger partial charge on any atom is -0.383 e. The molecule has 1 saturated heterocycles. The van der Waals surface area contributed by atoms with Crippen molar-refractivity contribution in [3.8, 4) is 0 Å². The third-order valence-electron chi connectivity index (χ3n) is 5.59. The lowest BCUT2D eigenvalue weighted by atomic mass is 9.96. The lowest BCUT2D eigenvalue weighted by Crippen LogP contribution is -2.53. The Labute approximate surface area is 193 Å². The van der Waals surface area contributed by atoms with Crippen LogP contribution in [0.2, 0.25) is 0 Å². The molecular weight excluding hydrogens is 451 g/mol. The normalized spacial score (nSPS) is 24.5. The maximum absolute atomic E-state index is 15.7. The molecule has 180 valence electrons. The summed E-state index contributed by atoms with van der Waals surface area (Å²) in [7, 11) is 0. The van der Waals surface area contributed by atoms with E-state index >= 15 is 4.39 Å². The van der Waals surface area contributed by atoms with Crippen LogP contribution in [0.4, 0.5) is 19.0 Å². The highest BCUT2D eigenvalue weighted by atomic mass is 19.3. The molecule has 1 fully saturated rings. The minimum atomic E-state index is -3.18. The van der Waals surface area contributed by atoms with Crippen molar-refractivity contribution in [1.29, 1.82) is 0 Å². The molecule has 4 unspecified atom stereocenters. The molecule has 2 N–H and O–H groups in total. The van der Waals surface area contributed by atoms with Gasteiger partial charge in [-0.2, -0.15) is 4.98 Å². The predicted molar refractivity (Wildman–Crippen MR) is 118 cm³/mol. The molecule has 4 rings (SSSR count). The number of nitrogens with two attached hydrogens (primary N) is 1. The molecule has 1 aliphatic heterocycles. The number of nitrogens with zero attached hydrogens (tertiary/aromatic N) is 2. The molecule has 0 amide bonds. The van der Waals surface area contributed by atoms with E-state index < -0.39 is 42.8 Å². The number of halogens is 3. The fourth-order valence-corrected chi connectivity index (χ4v) is 3.86. The second-order valence-electron chi connectivity index (χ2n) is 7.95. The van der Waals surface area contributed by atoms with Crippen molar-refractivity contribution < 1.29 is 27.4 Å². The van der Waals surface area contributed by atoms with Gasteiger partial charge in [0.2, 0.25) is 0 Å². The molecule has 1 aliphatic rings. The average molecular weight is 475 g/mol.